The Morgan fingerprint density at radius 2 is 2.00 bits per heavy atom. The maximum Gasteiger partial charge on any atom is 0.146 e. The molecule has 0 heterocycles. The zero-order chi connectivity index (χ0) is 11.3. The predicted octanol–water partition coefficient (Wildman–Crippen LogP) is 2.45. The first kappa shape index (κ1) is 12.2. The molecule has 1 aromatic carbocycles. The quantitative estimate of drug-likeness (QED) is 0.834. The molecular weight excluding hydrogens is 210 g/mol. The van der Waals surface area contributed by atoms with Crippen molar-refractivity contribution in [2.75, 3.05) is 6.54 Å². The Morgan fingerprint density at radius 1 is 1.40 bits per heavy atom. The van der Waals surface area contributed by atoms with Crippen LogP contribution in [0, 0.1) is 0 Å². The lowest BCUT2D eigenvalue weighted by Crippen LogP contribution is -2.33. The molecule has 1 atom stereocenters. The molecule has 0 aliphatic carbocycles. The lowest BCUT2D eigenvalue weighted by atomic mass is 10.1. The summed E-state index contributed by atoms with van der Waals surface area (Å²) < 4.78 is 0. The molecule has 0 saturated heterocycles. The van der Waals surface area contributed by atoms with E-state index >= 15 is 0 Å². The van der Waals surface area contributed by atoms with E-state index in [2.05, 4.69) is 5.32 Å². The Labute approximate surface area is 95.6 Å². The highest BCUT2D eigenvalue weighted by atomic mass is 35.5. The molecular formula is C12H16ClNO. The lowest BCUT2D eigenvalue weighted by Gasteiger charge is -2.09. The number of hydrogen-bond acceptors (Lipinski definition) is 2. The third-order valence-electron chi connectivity index (χ3n) is 2.39. The lowest BCUT2D eigenvalue weighted by molar-refractivity contribution is -0.118. The Hall–Kier alpha value is -0.860. The van der Waals surface area contributed by atoms with Crippen LogP contribution >= 0.6 is 11.6 Å². The molecule has 82 valence electrons. The summed E-state index contributed by atoms with van der Waals surface area (Å²) in [5, 5.41) is 3.92. The minimum absolute atomic E-state index is 0.0581. The molecule has 15 heavy (non-hydrogen) atoms. The van der Waals surface area contributed by atoms with Crippen LogP contribution in [-0.4, -0.2) is 18.4 Å². The number of benzene rings is 1. The summed E-state index contributed by atoms with van der Waals surface area (Å²) in [7, 11) is 0. The van der Waals surface area contributed by atoms with E-state index in [0.717, 1.165) is 18.0 Å². The summed E-state index contributed by atoms with van der Waals surface area (Å²) in [5.74, 6) is 0.172. The standard InChI is InChI=1S/C12H16ClNO/c1-9(10(2)15)14-8-7-11-3-5-12(13)6-4-11/h3-6,9,14H,7-8H2,1-2H3. The average molecular weight is 226 g/mol. The van der Waals surface area contributed by atoms with Gasteiger partial charge in [0.05, 0.1) is 6.04 Å². The highest BCUT2D eigenvalue weighted by molar-refractivity contribution is 6.30. The van der Waals surface area contributed by atoms with Crippen LogP contribution < -0.4 is 5.32 Å². The first-order valence-electron chi connectivity index (χ1n) is 5.08. The molecule has 1 N–H and O–H groups in total. The van der Waals surface area contributed by atoms with Gasteiger partial charge >= 0.3 is 0 Å². The van der Waals surface area contributed by atoms with E-state index in [4.69, 9.17) is 11.6 Å². The Balaban J connectivity index is 2.32. The second-order valence-corrected chi connectivity index (χ2v) is 4.10. The SMILES string of the molecule is CC(=O)C(C)NCCc1ccc(Cl)cc1. The fourth-order valence-corrected chi connectivity index (χ4v) is 1.35. The second kappa shape index (κ2) is 5.89. The van der Waals surface area contributed by atoms with Crippen LogP contribution in [0.3, 0.4) is 0 Å². The number of carbonyl (C=O) groups excluding carboxylic acids is 1. The van der Waals surface area contributed by atoms with Crippen molar-refractivity contribution in [3.8, 4) is 0 Å². The highest BCUT2D eigenvalue weighted by Crippen LogP contribution is 2.09. The number of nitrogens with one attached hydrogen (secondary N) is 1. The van der Waals surface area contributed by atoms with Crippen molar-refractivity contribution in [2.24, 2.45) is 0 Å². The number of halogens is 1. The van der Waals surface area contributed by atoms with E-state index < -0.39 is 0 Å². The van der Waals surface area contributed by atoms with Crippen molar-refractivity contribution in [2.45, 2.75) is 26.3 Å². The summed E-state index contributed by atoms with van der Waals surface area (Å²) in [5.41, 5.74) is 1.22. The minimum atomic E-state index is -0.0581. The third-order valence-corrected chi connectivity index (χ3v) is 2.64. The van der Waals surface area contributed by atoms with Gasteiger partial charge in [0.1, 0.15) is 5.78 Å². The van der Waals surface area contributed by atoms with Crippen molar-refractivity contribution >= 4 is 17.4 Å². The van der Waals surface area contributed by atoms with Crippen molar-refractivity contribution < 1.29 is 4.79 Å². The molecule has 0 amide bonds. The zero-order valence-corrected chi connectivity index (χ0v) is 9.84. The third kappa shape index (κ3) is 4.45. The van der Waals surface area contributed by atoms with E-state index in [1.165, 1.54) is 5.56 Å². The molecule has 2 nitrogen and oxygen atoms in total. The summed E-state index contributed by atoms with van der Waals surface area (Å²) in [4.78, 5) is 11.0. The summed E-state index contributed by atoms with van der Waals surface area (Å²) >= 11 is 5.78. The normalized spacial score (nSPS) is 12.5. The Morgan fingerprint density at radius 3 is 2.53 bits per heavy atom. The van der Waals surface area contributed by atoms with Gasteiger partial charge < -0.3 is 5.32 Å². The molecule has 0 radical (unpaired) electrons. The molecule has 0 aliphatic rings. The van der Waals surface area contributed by atoms with Crippen molar-refractivity contribution in [3.05, 3.63) is 34.9 Å². The molecule has 3 heteroatoms. The predicted molar refractivity (Wildman–Crippen MR) is 63.3 cm³/mol. The summed E-state index contributed by atoms with van der Waals surface area (Å²) in [6.45, 7) is 4.28. The monoisotopic (exact) mass is 225 g/mol. The van der Waals surface area contributed by atoms with Crippen LogP contribution in [0.4, 0.5) is 0 Å². The molecule has 0 aromatic heterocycles. The van der Waals surface area contributed by atoms with Gasteiger partial charge in [-0.25, -0.2) is 0 Å². The van der Waals surface area contributed by atoms with E-state index in [-0.39, 0.29) is 11.8 Å². The number of rotatable bonds is 5. The number of hydrogen-bond donors (Lipinski definition) is 1. The topological polar surface area (TPSA) is 29.1 Å². The van der Waals surface area contributed by atoms with Gasteiger partial charge in [0, 0.05) is 5.02 Å². The number of ketones is 1. The van der Waals surface area contributed by atoms with Crippen LogP contribution in [-0.2, 0) is 11.2 Å². The van der Waals surface area contributed by atoms with Crippen molar-refractivity contribution in [3.63, 3.8) is 0 Å². The molecule has 0 bridgehead atoms. The van der Waals surface area contributed by atoms with E-state index in [1.54, 1.807) is 6.92 Å². The Kier molecular flexibility index (Phi) is 4.79. The van der Waals surface area contributed by atoms with Crippen LogP contribution in [0.1, 0.15) is 19.4 Å². The maximum absolute atomic E-state index is 11.0. The maximum atomic E-state index is 11.0. The van der Waals surface area contributed by atoms with Crippen LogP contribution in [0.25, 0.3) is 0 Å². The largest absolute Gasteiger partial charge is 0.307 e. The average Bonchev–Trinajstić information content (AvgIpc) is 2.20. The molecule has 1 rings (SSSR count). The van der Waals surface area contributed by atoms with Gasteiger partial charge in [0.25, 0.3) is 0 Å². The fourth-order valence-electron chi connectivity index (χ4n) is 1.23. The van der Waals surface area contributed by atoms with E-state index in [1.807, 2.05) is 31.2 Å². The van der Waals surface area contributed by atoms with Gasteiger partial charge in [-0.3, -0.25) is 4.79 Å². The van der Waals surface area contributed by atoms with Gasteiger partial charge in [0.2, 0.25) is 0 Å². The van der Waals surface area contributed by atoms with Crippen molar-refractivity contribution in [1.29, 1.82) is 0 Å². The number of Topliss-reactive ketones (excluding diaryl/α,β-unsaturated/α-hetero) is 1. The van der Waals surface area contributed by atoms with E-state index in [0.29, 0.717) is 0 Å². The molecule has 0 fully saturated rings. The smallest absolute Gasteiger partial charge is 0.146 e. The zero-order valence-electron chi connectivity index (χ0n) is 9.09. The molecule has 0 spiro atoms. The van der Waals surface area contributed by atoms with Gasteiger partial charge in [-0.05, 0) is 44.5 Å². The molecule has 1 unspecified atom stereocenters. The first-order chi connectivity index (χ1) is 7.09. The summed E-state index contributed by atoms with van der Waals surface area (Å²) in [6.07, 6.45) is 0.911. The van der Waals surface area contributed by atoms with Crippen LogP contribution in [0.5, 0.6) is 0 Å². The van der Waals surface area contributed by atoms with Gasteiger partial charge in [-0.1, -0.05) is 23.7 Å². The fraction of sp³-hybridized carbons (Fsp3) is 0.417. The highest BCUT2D eigenvalue weighted by Gasteiger charge is 2.05. The first-order valence-corrected chi connectivity index (χ1v) is 5.45. The van der Waals surface area contributed by atoms with E-state index in [9.17, 15) is 4.79 Å². The number of carbonyl (C=O) groups is 1. The Bertz CT molecular complexity index is 321. The van der Waals surface area contributed by atoms with Gasteiger partial charge in [-0.2, -0.15) is 0 Å². The van der Waals surface area contributed by atoms with Gasteiger partial charge in [0.15, 0.2) is 0 Å². The second-order valence-electron chi connectivity index (χ2n) is 3.66. The molecule has 1 aromatic rings. The van der Waals surface area contributed by atoms with Crippen LogP contribution in [0.2, 0.25) is 5.02 Å². The molecule has 0 aliphatic heterocycles. The van der Waals surface area contributed by atoms with Crippen molar-refractivity contribution in [1.82, 2.24) is 5.32 Å². The summed E-state index contributed by atoms with van der Waals surface area (Å²) in [6, 6.07) is 7.71. The van der Waals surface area contributed by atoms with Crippen LogP contribution in [0.15, 0.2) is 24.3 Å². The minimum Gasteiger partial charge on any atom is -0.307 e. The van der Waals surface area contributed by atoms with Gasteiger partial charge in [-0.15, -0.1) is 0 Å². The molecule has 0 saturated carbocycles.